The molecule has 158 valence electrons. The lowest BCUT2D eigenvalue weighted by atomic mass is 10.0. The third kappa shape index (κ3) is 5.34. The Morgan fingerprint density at radius 2 is 1.97 bits per heavy atom. The molecule has 2 aromatic carbocycles. The molecule has 0 aliphatic carbocycles. The van der Waals surface area contributed by atoms with E-state index in [0.717, 1.165) is 24.8 Å². The molecule has 2 aromatic rings. The van der Waals surface area contributed by atoms with Crippen LogP contribution in [0.25, 0.3) is 0 Å². The molecule has 1 fully saturated rings. The number of esters is 1. The monoisotopic (exact) mass is 411 g/mol. The van der Waals surface area contributed by atoms with E-state index in [0.29, 0.717) is 18.8 Å². The van der Waals surface area contributed by atoms with Gasteiger partial charge >= 0.3 is 5.97 Å². The minimum atomic E-state index is -0.771. The summed E-state index contributed by atoms with van der Waals surface area (Å²) in [7, 11) is 0. The van der Waals surface area contributed by atoms with Crippen LogP contribution in [0, 0.1) is 10.1 Å². The molecule has 1 atom stereocenters. The van der Waals surface area contributed by atoms with E-state index in [9.17, 15) is 19.7 Å². The van der Waals surface area contributed by atoms with Gasteiger partial charge in [-0.3, -0.25) is 14.9 Å². The molecule has 0 unspecified atom stereocenters. The molecule has 8 heteroatoms. The van der Waals surface area contributed by atoms with Crippen molar-refractivity contribution in [3.63, 3.8) is 0 Å². The molecule has 0 bridgehead atoms. The van der Waals surface area contributed by atoms with Crippen molar-refractivity contribution < 1.29 is 19.2 Å². The Hall–Kier alpha value is -3.42. The van der Waals surface area contributed by atoms with Crippen molar-refractivity contribution in [2.45, 2.75) is 38.8 Å². The highest BCUT2D eigenvalue weighted by Crippen LogP contribution is 2.24. The van der Waals surface area contributed by atoms with Crippen LogP contribution in [0.15, 0.2) is 48.5 Å². The van der Waals surface area contributed by atoms with Gasteiger partial charge in [-0.05, 0) is 37.8 Å². The molecule has 1 amide bonds. The summed E-state index contributed by atoms with van der Waals surface area (Å²) in [5.74, 6) is -1.02. The number of carbonyl (C=O) groups is 2. The van der Waals surface area contributed by atoms with Crippen molar-refractivity contribution in [2.75, 3.05) is 18.5 Å². The summed E-state index contributed by atoms with van der Waals surface area (Å²) >= 11 is 0. The average molecular weight is 411 g/mol. The van der Waals surface area contributed by atoms with Crippen molar-refractivity contribution in [3.8, 4) is 0 Å². The van der Waals surface area contributed by atoms with Crippen molar-refractivity contribution in [2.24, 2.45) is 0 Å². The molecule has 30 heavy (non-hydrogen) atoms. The fourth-order valence-electron chi connectivity index (χ4n) is 3.52. The second-order valence-corrected chi connectivity index (χ2v) is 7.33. The number of benzene rings is 2. The number of nitrogens with one attached hydrogen (secondary N) is 1. The molecule has 1 aliphatic heterocycles. The number of nitrogens with zero attached hydrogens (tertiary/aromatic N) is 2. The molecule has 1 heterocycles. The van der Waals surface area contributed by atoms with Crippen molar-refractivity contribution >= 4 is 23.3 Å². The highest BCUT2D eigenvalue weighted by Gasteiger charge is 2.25. The van der Waals surface area contributed by atoms with Crippen LogP contribution in [0.4, 0.5) is 11.4 Å². The Bertz CT molecular complexity index is 916. The van der Waals surface area contributed by atoms with Gasteiger partial charge in [0.15, 0.2) is 6.61 Å². The van der Waals surface area contributed by atoms with Gasteiger partial charge in [0.2, 0.25) is 0 Å². The van der Waals surface area contributed by atoms with E-state index in [1.165, 1.54) is 18.2 Å². The number of non-ortho nitro benzene ring substituents is 1. The maximum Gasteiger partial charge on any atom is 0.341 e. The average Bonchev–Trinajstić information content (AvgIpc) is 2.76. The number of nitro benzene ring substituents is 1. The van der Waals surface area contributed by atoms with Crippen LogP contribution in [0.3, 0.4) is 0 Å². The quantitative estimate of drug-likeness (QED) is 0.423. The number of amides is 1. The predicted octanol–water partition coefficient (Wildman–Crippen LogP) is 3.76. The third-order valence-electron chi connectivity index (χ3n) is 5.21. The second kappa shape index (κ2) is 9.87. The number of piperidine rings is 1. The number of likely N-dealkylation sites (tertiary alicyclic amines) is 1. The Labute approximate surface area is 175 Å². The van der Waals surface area contributed by atoms with Gasteiger partial charge in [-0.1, -0.05) is 30.3 Å². The van der Waals surface area contributed by atoms with E-state index in [2.05, 4.69) is 5.32 Å². The molecule has 1 aliphatic rings. The number of carbonyl (C=O) groups excluding carboxylic acids is 2. The molecule has 3 rings (SSSR count). The number of hydrogen-bond donors (Lipinski definition) is 1. The van der Waals surface area contributed by atoms with Crippen LogP contribution in [0.1, 0.15) is 42.1 Å². The minimum Gasteiger partial charge on any atom is -0.452 e. The first-order chi connectivity index (χ1) is 14.5. The molecule has 1 N–H and O–H groups in total. The third-order valence-corrected chi connectivity index (χ3v) is 5.21. The Morgan fingerprint density at radius 3 is 2.67 bits per heavy atom. The summed E-state index contributed by atoms with van der Waals surface area (Å²) in [5.41, 5.74) is 1.21. The molecular formula is C22H25N3O5. The molecular weight excluding hydrogens is 386 g/mol. The van der Waals surface area contributed by atoms with Crippen molar-refractivity contribution in [1.82, 2.24) is 4.90 Å². The maximum absolute atomic E-state index is 12.7. The highest BCUT2D eigenvalue weighted by molar-refractivity contribution is 5.97. The number of hydrogen-bond acceptors (Lipinski definition) is 6. The SMILES string of the molecule is C[C@@H]1CCCCN1C(=O)COC(=O)c1cc([N+](=O)[O-])ccc1NCc1ccccc1. The van der Waals surface area contributed by atoms with Gasteiger partial charge in [0.1, 0.15) is 0 Å². The van der Waals surface area contributed by atoms with Crippen LogP contribution >= 0.6 is 0 Å². The lowest BCUT2D eigenvalue weighted by Gasteiger charge is -2.33. The smallest absolute Gasteiger partial charge is 0.341 e. The van der Waals surface area contributed by atoms with Crippen LogP contribution in [0.2, 0.25) is 0 Å². The van der Waals surface area contributed by atoms with E-state index in [4.69, 9.17) is 4.74 Å². The van der Waals surface area contributed by atoms with Crippen molar-refractivity contribution in [1.29, 1.82) is 0 Å². The Kier molecular flexibility index (Phi) is 7.00. The summed E-state index contributed by atoms with van der Waals surface area (Å²) in [5, 5.41) is 14.3. The largest absolute Gasteiger partial charge is 0.452 e. The zero-order valence-corrected chi connectivity index (χ0v) is 16.9. The van der Waals surface area contributed by atoms with E-state index >= 15 is 0 Å². The molecule has 0 radical (unpaired) electrons. The first-order valence-corrected chi connectivity index (χ1v) is 9.98. The van der Waals surface area contributed by atoms with Crippen LogP contribution in [-0.2, 0) is 16.1 Å². The molecule has 8 nitrogen and oxygen atoms in total. The van der Waals surface area contributed by atoms with Gasteiger partial charge in [-0.2, -0.15) is 0 Å². The summed E-state index contributed by atoms with van der Waals surface area (Å²) in [6.07, 6.45) is 2.94. The standard InChI is InChI=1S/C22H25N3O5/c1-16-7-5-6-12-24(16)21(26)15-30-22(27)19-13-18(25(28)29)10-11-20(19)23-14-17-8-3-2-4-9-17/h2-4,8-11,13,16,23H,5-7,12,14-15H2,1H3/t16-/m1/s1. The fraction of sp³-hybridized carbons (Fsp3) is 0.364. The first kappa shape index (κ1) is 21.3. The first-order valence-electron chi connectivity index (χ1n) is 9.98. The van der Waals surface area contributed by atoms with Gasteiger partial charge in [-0.15, -0.1) is 0 Å². The van der Waals surface area contributed by atoms with E-state index in [1.54, 1.807) is 4.90 Å². The van der Waals surface area contributed by atoms with Gasteiger partial charge < -0.3 is 15.0 Å². The fourth-order valence-corrected chi connectivity index (χ4v) is 3.52. The van der Waals surface area contributed by atoms with Crippen LogP contribution in [-0.4, -0.2) is 40.9 Å². The summed E-state index contributed by atoms with van der Waals surface area (Å²) in [6, 6.07) is 13.6. The lowest BCUT2D eigenvalue weighted by molar-refractivity contribution is -0.384. The topological polar surface area (TPSA) is 102 Å². The number of anilines is 1. The lowest BCUT2D eigenvalue weighted by Crippen LogP contribution is -2.44. The second-order valence-electron chi connectivity index (χ2n) is 7.33. The summed E-state index contributed by atoms with van der Waals surface area (Å²) in [6.45, 7) is 2.68. The number of nitro groups is 1. The van der Waals surface area contributed by atoms with Gasteiger partial charge in [-0.25, -0.2) is 4.79 Å². The zero-order valence-electron chi connectivity index (χ0n) is 16.9. The Balaban J connectivity index is 1.71. The van der Waals surface area contributed by atoms with E-state index in [-0.39, 0.29) is 29.8 Å². The minimum absolute atomic E-state index is 0.0274. The highest BCUT2D eigenvalue weighted by atomic mass is 16.6. The predicted molar refractivity (Wildman–Crippen MR) is 112 cm³/mol. The summed E-state index contributed by atoms with van der Waals surface area (Å²) in [4.78, 5) is 37.4. The van der Waals surface area contributed by atoms with Crippen LogP contribution in [0.5, 0.6) is 0 Å². The maximum atomic E-state index is 12.7. The van der Waals surface area contributed by atoms with Gasteiger partial charge in [0.25, 0.3) is 11.6 Å². The van der Waals surface area contributed by atoms with E-state index < -0.39 is 10.9 Å². The Morgan fingerprint density at radius 1 is 1.20 bits per heavy atom. The van der Waals surface area contributed by atoms with Gasteiger partial charge in [0, 0.05) is 37.0 Å². The molecule has 0 aromatic heterocycles. The number of ether oxygens (including phenoxy) is 1. The molecule has 0 saturated carbocycles. The number of rotatable bonds is 7. The molecule has 1 saturated heterocycles. The molecule has 0 spiro atoms. The van der Waals surface area contributed by atoms with Crippen molar-refractivity contribution in [3.05, 3.63) is 69.8 Å². The van der Waals surface area contributed by atoms with E-state index in [1.807, 2.05) is 37.3 Å². The van der Waals surface area contributed by atoms with Crippen LogP contribution < -0.4 is 5.32 Å². The normalized spacial score (nSPS) is 16.0. The summed E-state index contributed by atoms with van der Waals surface area (Å²) < 4.78 is 5.23. The zero-order chi connectivity index (χ0) is 21.5. The van der Waals surface area contributed by atoms with Gasteiger partial charge in [0.05, 0.1) is 10.5 Å².